The van der Waals surface area contributed by atoms with Crippen molar-refractivity contribution in [2.75, 3.05) is 0 Å². The molecule has 0 N–H and O–H groups in total. The number of rotatable bonds is 6. The van der Waals surface area contributed by atoms with E-state index in [-0.39, 0.29) is 5.56 Å². The maximum Gasteiger partial charge on any atom is 0.267 e. The Labute approximate surface area is 110 Å². The second-order valence-electron chi connectivity index (χ2n) is 4.11. The number of halogens is 1. The van der Waals surface area contributed by atoms with Crippen LogP contribution in [0.4, 0.5) is 0 Å². The van der Waals surface area contributed by atoms with Crippen LogP contribution in [0.5, 0.6) is 0 Å². The summed E-state index contributed by atoms with van der Waals surface area (Å²) in [5, 5.41) is 4.17. The molecule has 1 heterocycles. The Hall–Kier alpha value is -0.390. The van der Waals surface area contributed by atoms with E-state index in [1.54, 1.807) is 16.9 Å². The van der Waals surface area contributed by atoms with Crippen molar-refractivity contribution in [1.29, 1.82) is 0 Å². The molecular formula is C12H19IN2O. The summed E-state index contributed by atoms with van der Waals surface area (Å²) >= 11 is 2.11. The van der Waals surface area contributed by atoms with Gasteiger partial charge >= 0.3 is 0 Å². The van der Waals surface area contributed by atoms with Gasteiger partial charge < -0.3 is 0 Å². The van der Waals surface area contributed by atoms with Crippen LogP contribution >= 0.6 is 22.6 Å². The van der Waals surface area contributed by atoms with Crippen LogP contribution in [0.1, 0.15) is 39.5 Å². The molecular weight excluding hydrogens is 315 g/mol. The number of unbranched alkanes of at least 4 members (excludes halogenated alkanes) is 1. The SMILES string of the molecule is CCCCC(CC)Cn1ncc(I)cc1=O. The lowest BCUT2D eigenvalue weighted by Gasteiger charge is -2.14. The van der Waals surface area contributed by atoms with Crippen molar-refractivity contribution >= 4 is 22.6 Å². The average Bonchev–Trinajstić information content (AvgIpc) is 2.27. The zero-order valence-corrected chi connectivity index (χ0v) is 12.1. The molecule has 1 aromatic heterocycles. The third kappa shape index (κ3) is 4.23. The number of aromatic nitrogens is 2. The molecule has 1 aromatic rings. The van der Waals surface area contributed by atoms with Gasteiger partial charge in [-0.3, -0.25) is 4.79 Å². The van der Waals surface area contributed by atoms with Crippen LogP contribution in [0.15, 0.2) is 17.1 Å². The maximum absolute atomic E-state index is 11.7. The van der Waals surface area contributed by atoms with Gasteiger partial charge in [-0.25, -0.2) is 4.68 Å². The number of nitrogens with zero attached hydrogens (tertiary/aromatic N) is 2. The fraction of sp³-hybridized carbons (Fsp3) is 0.667. The Bertz CT molecular complexity index is 376. The highest BCUT2D eigenvalue weighted by Gasteiger charge is 2.08. The van der Waals surface area contributed by atoms with E-state index in [1.807, 2.05) is 0 Å². The summed E-state index contributed by atoms with van der Waals surface area (Å²) in [6.07, 6.45) is 6.49. The molecule has 1 rings (SSSR count). The van der Waals surface area contributed by atoms with Gasteiger partial charge in [0.15, 0.2) is 0 Å². The van der Waals surface area contributed by atoms with E-state index in [1.165, 1.54) is 19.3 Å². The van der Waals surface area contributed by atoms with Gasteiger partial charge in [0.05, 0.1) is 6.20 Å². The molecule has 90 valence electrons. The first-order valence-corrected chi connectivity index (χ1v) is 6.97. The largest absolute Gasteiger partial charge is 0.268 e. The molecule has 3 nitrogen and oxygen atoms in total. The molecule has 0 aliphatic heterocycles. The Balaban J connectivity index is 2.66. The predicted molar refractivity (Wildman–Crippen MR) is 74.5 cm³/mol. The van der Waals surface area contributed by atoms with E-state index in [0.717, 1.165) is 16.5 Å². The average molecular weight is 334 g/mol. The van der Waals surface area contributed by atoms with Gasteiger partial charge in [0, 0.05) is 16.2 Å². The van der Waals surface area contributed by atoms with Crippen molar-refractivity contribution < 1.29 is 0 Å². The van der Waals surface area contributed by atoms with Crippen molar-refractivity contribution in [2.24, 2.45) is 5.92 Å². The predicted octanol–water partition coefficient (Wildman–Crippen LogP) is 3.06. The molecule has 0 bridgehead atoms. The fourth-order valence-electron chi connectivity index (χ4n) is 1.71. The third-order valence-electron chi connectivity index (χ3n) is 2.81. The highest BCUT2D eigenvalue weighted by Crippen LogP contribution is 2.13. The molecule has 0 radical (unpaired) electrons. The summed E-state index contributed by atoms with van der Waals surface area (Å²) < 4.78 is 2.49. The Kier molecular flexibility index (Phi) is 6.01. The molecule has 1 unspecified atom stereocenters. The quantitative estimate of drug-likeness (QED) is 0.750. The van der Waals surface area contributed by atoms with E-state index in [0.29, 0.717) is 5.92 Å². The van der Waals surface area contributed by atoms with Crippen LogP contribution in [0.3, 0.4) is 0 Å². The molecule has 0 saturated carbocycles. The monoisotopic (exact) mass is 334 g/mol. The van der Waals surface area contributed by atoms with E-state index < -0.39 is 0 Å². The lowest BCUT2D eigenvalue weighted by Crippen LogP contribution is -2.25. The fourth-order valence-corrected chi connectivity index (χ4v) is 2.10. The molecule has 0 aliphatic carbocycles. The third-order valence-corrected chi connectivity index (χ3v) is 3.40. The van der Waals surface area contributed by atoms with Gasteiger partial charge in [-0.05, 0) is 34.9 Å². The Morgan fingerprint density at radius 1 is 1.50 bits per heavy atom. The van der Waals surface area contributed by atoms with E-state index in [2.05, 4.69) is 41.5 Å². The molecule has 1 atom stereocenters. The van der Waals surface area contributed by atoms with Gasteiger partial charge in [-0.15, -0.1) is 0 Å². The molecule has 0 aromatic carbocycles. The minimum Gasteiger partial charge on any atom is -0.268 e. The van der Waals surface area contributed by atoms with E-state index >= 15 is 0 Å². The maximum atomic E-state index is 11.7. The van der Waals surface area contributed by atoms with Crippen LogP contribution in [0.2, 0.25) is 0 Å². The van der Waals surface area contributed by atoms with Crippen LogP contribution in [-0.4, -0.2) is 9.78 Å². The minimum atomic E-state index is 0.0156. The second-order valence-corrected chi connectivity index (χ2v) is 5.36. The van der Waals surface area contributed by atoms with Crippen LogP contribution < -0.4 is 5.56 Å². The molecule has 4 heteroatoms. The number of hydrogen-bond donors (Lipinski definition) is 0. The van der Waals surface area contributed by atoms with Gasteiger partial charge in [0.1, 0.15) is 0 Å². The van der Waals surface area contributed by atoms with Crippen LogP contribution in [0.25, 0.3) is 0 Å². The van der Waals surface area contributed by atoms with Gasteiger partial charge in [0.2, 0.25) is 0 Å². The first-order valence-electron chi connectivity index (χ1n) is 5.90. The van der Waals surface area contributed by atoms with Crippen molar-refractivity contribution in [3.8, 4) is 0 Å². The zero-order chi connectivity index (χ0) is 12.0. The lowest BCUT2D eigenvalue weighted by molar-refractivity contribution is 0.363. The molecule has 16 heavy (non-hydrogen) atoms. The normalized spacial score (nSPS) is 12.7. The minimum absolute atomic E-state index is 0.0156. The lowest BCUT2D eigenvalue weighted by atomic mass is 9.99. The smallest absolute Gasteiger partial charge is 0.267 e. The van der Waals surface area contributed by atoms with E-state index in [9.17, 15) is 4.79 Å². The molecule has 0 spiro atoms. The van der Waals surface area contributed by atoms with Crippen LogP contribution in [-0.2, 0) is 6.54 Å². The van der Waals surface area contributed by atoms with Crippen molar-refractivity contribution in [2.45, 2.75) is 46.1 Å². The van der Waals surface area contributed by atoms with Crippen LogP contribution in [0, 0.1) is 9.49 Å². The Morgan fingerprint density at radius 3 is 2.81 bits per heavy atom. The summed E-state index contributed by atoms with van der Waals surface area (Å²) in [6.45, 7) is 5.13. The highest BCUT2D eigenvalue weighted by molar-refractivity contribution is 14.1. The Morgan fingerprint density at radius 2 is 2.25 bits per heavy atom. The summed E-state index contributed by atoms with van der Waals surface area (Å²) in [5.74, 6) is 0.574. The first kappa shape index (κ1) is 13.7. The number of hydrogen-bond acceptors (Lipinski definition) is 2. The standard InChI is InChI=1S/C12H19IN2O/c1-3-5-6-10(4-2)9-15-12(16)7-11(13)8-14-15/h7-8,10H,3-6,9H2,1-2H3. The molecule has 0 saturated heterocycles. The van der Waals surface area contributed by atoms with Gasteiger partial charge in [-0.1, -0.05) is 33.1 Å². The summed E-state index contributed by atoms with van der Waals surface area (Å²) in [5.41, 5.74) is 0.0156. The highest BCUT2D eigenvalue weighted by atomic mass is 127. The summed E-state index contributed by atoms with van der Waals surface area (Å²) in [7, 11) is 0. The molecule has 0 aliphatic rings. The van der Waals surface area contributed by atoms with Crippen molar-refractivity contribution in [3.63, 3.8) is 0 Å². The van der Waals surface area contributed by atoms with Gasteiger partial charge in [-0.2, -0.15) is 5.10 Å². The van der Waals surface area contributed by atoms with Crippen molar-refractivity contribution in [1.82, 2.24) is 9.78 Å². The van der Waals surface area contributed by atoms with Gasteiger partial charge in [0.25, 0.3) is 5.56 Å². The topological polar surface area (TPSA) is 34.9 Å². The summed E-state index contributed by atoms with van der Waals surface area (Å²) in [4.78, 5) is 11.7. The van der Waals surface area contributed by atoms with Crippen molar-refractivity contribution in [3.05, 3.63) is 26.2 Å². The zero-order valence-electron chi connectivity index (χ0n) is 9.95. The second kappa shape index (κ2) is 7.04. The molecule has 0 fully saturated rings. The van der Waals surface area contributed by atoms with E-state index in [4.69, 9.17) is 0 Å². The first-order chi connectivity index (χ1) is 7.67. The summed E-state index contributed by atoms with van der Waals surface area (Å²) in [6, 6.07) is 1.64. The molecule has 0 amide bonds.